The van der Waals surface area contributed by atoms with Gasteiger partial charge in [0.1, 0.15) is 5.82 Å². The van der Waals surface area contributed by atoms with Crippen LogP contribution >= 0.6 is 11.6 Å². The molecule has 7 heteroatoms. The highest BCUT2D eigenvalue weighted by molar-refractivity contribution is 6.31. The molecule has 180 valence electrons. The fourth-order valence-electron chi connectivity index (χ4n) is 4.50. The molecule has 0 saturated carbocycles. The van der Waals surface area contributed by atoms with Crippen molar-refractivity contribution < 1.29 is 22.3 Å². The van der Waals surface area contributed by atoms with Gasteiger partial charge in [0.2, 0.25) is 0 Å². The maximum Gasteiger partial charge on any atom is 0.416 e. The molecular formula is C27H26ClF4NO. The zero-order chi connectivity index (χ0) is 24.3. The number of alkyl halides is 3. The first-order chi connectivity index (χ1) is 16.2. The molecule has 4 rings (SSSR count). The van der Waals surface area contributed by atoms with Crippen LogP contribution in [-0.2, 0) is 22.9 Å². The second kappa shape index (κ2) is 10.1. The van der Waals surface area contributed by atoms with Crippen molar-refractivity contribution >= 4 is 11.6 Å². The van der Waals surface area contributed by atoms with Gasteiger partial charge in [0.15, 0.2) is 0 Å². The second-order valence-corrected chi connectivity index (χ2v) is 9.39. The van der Waals surface area contributed by atoms with Gasteiger partial charge in [0.25, 0.3) is 0 Å². The van der Waals surface area contributed by atoms with Crippen molar-refractivity contribution in [2.45, 2.75) is 31.0 Å². The van der Waals surface area contributed by atoms with Gasteiger partial charge in [0, 0.05) is 5.41 Å². The van der Waals surface area contributed by atoms with Crippen molar-refractivity contribution in [3.8, 4) is 11.1 Å². The summed E-state index contributed by atoms with van der Waals surface area (Å²) in [6, 6.07) is 17.9. The van der Waals surface area contributed by atoms with Crippen LogP contribution in [0.2, 0.25) is 5.02 Å². The first kappa shape index (κ1) is 24.7. The Labute approximate surface area is 202 Å². The number of nitrogens with zero attached hydrogens (tertiary/aromatic N) is 1. The Bertz CT molecular complexity index is 1130. The van der Waals surface area contributed by atoms with Crippen LogP contribution in [0.5, 0.6) is 0 Å². The van der Waals surface area contributed by atoms with Crippen LogP contribution in [-0.4, -0.2) is 31.6 Å². The normalized spacial score (nSPS) is 16.5. The van der Waals surface area contributed by atoms with Crippen LogP contribution < -0.4 is 0 Å². The van der Waals surface area contributed by atoms with E-state index in [1.54, 1.807) is 6.07 Å². The Morgan fingerprint density at radius 1 is 0.941 bits per heavy atom. The molecule has 0 N–H and O–H groups in total. The summed E-state index contributed by atoms with van der Waals surface area (Å²) in [4.78, 5) is 2.27. The number of rotatable bonds is 6. The number of hydrogen-bond donors (Lipinski definition) is 0. The molecule has 0 atom stereocenters. The van der Waals surface area contributed by atoms with E-state index in [4.69, 9.17) is 16.3 Å². The standard InChI is InChI=1S/C27H26ClF4NO/c1-33-11-9-26(10-12-33,22-5-3-2-4-6-22)18-34-17-19-13-21(15-23(14-19)27(30,31)32)20-7-8-25(29)24(28)16-20/h2-8,13-16H,9-12,17-18H2,1H3. The molecule has 1 heterocycles. The van der Waals surface area contributed by atoms with Crippen LogP contribution in [0, 0.1) is 5.82 Å². The Morgan fingerprint density at radius 3 is 2.29 bits per heavy atom. The Kier molecular flexibility index (Phi) is 7.31. The lowest BCUT2D eigenvalue weighted by molar-refractivity contribution is -0.137. The molecule has 1 fully saturated rings. The first-order valence-corrected chi connectivity index (χ1v) is 11.5. The van der Waals surface area contributed by atoms with Gasteiger partial charge < -0.3 is 9.64 Å². The predicted octanol–water partition coefficient (Wildman–Crippen LogP) is 7.35. The molecule has 3 aromatic rings. The highest BCUT2D eigenvalue weighted by atomic mass is 35.5. The van der Waals surface area contributed by atoms with Gasteiger partial charge in [-0.25, -0.2) is 4.39 Å². The van der Waals surface area contributed by atoms with Gasteiger partial charge in [-0.05, 0) is 85.6 Å². The first-order valence-electron chi connectivity index (χ1n) is 11.1. The molecule has 2 nitrogen and oxygen atoms in total. The van der Waals surface area contributed by atoms with E-state index in [-0.39, 0.29) is 17.0 Å². The molecule has 0 unspecified atom stereocenters. The lowest BCUT2D eigenvalue weighted by Crippen LogP contribution is -2.43. The molecule has 0 amide bonds. The zero-order valence-corrected chi connectivity index (χ0v) is 19.6. The summed E-state index contributed by atoms with van der Waals surface area (Å²) in [7, 11) is 2.08. The van der Waals surface area contributed by atoms with Crippen molar-refractivity contribution in [3.63, 3.8) is 0 Å². The molecule has 1 saturated heterocycles. The third kappa shape index (κ3) is 5.62. The summed E-state index contributed by atoms with van der Waals surface area (Å²) >= 11 is 5.86. The lowest BCUT2D eigenvalue weighted by atomic mass is 9.73. The highest BCUT2D eigenvalue weighted by Crippen LogP contribution is 2.37. The summed E-state index contributed by atoms with van der Waals surface area (Å²) < 4.78 is 60.5. The van der Waals surface area contributed by atoms with Crippen LogP contribution in [0.25, 0.3) is 11.1 Å². The average molecular weight is 492 g/mol. The molecule has 34 heavy (non-hydrogen) atoms. The molecule has 1 aliphatic rings. The van der Waals surface area contributed by atoms with Crippen LogP contribution in [0.1, 0.15) is 29.5 Å². The van der Waals surface area contributed by atoms with E-state index in [2.05, 4.69) is 24.1 Å². The summed E-state index contributed by atoms with van der Waals surface area (Å²) in [5.41, 5.74) is 1.36. The monoisotopic (exact) mass is 491 g/mol. The maximum atomic E-state index is 13.6. The fraction of sp³-hybridized carbons (Fsp3) is 0.333. The largest absolute Gasteiger partial charge is 0.416 e. The van der Waals surface area contributed by atoms with Crippen LogP contribution in [0.15, 0.2) is 66.7 Å². The third-order valence-corrected chi connectivity index (χ3v) is 6.84. The van der Waals surface area contributed by atoms with Gasteiger partial charge in [-0.15, -0.1) is 0 Å². The van der Waals surface area contributed by atoms with E-state index < -0.39 is 17.6 Å². The zero-order valence-electron chi connectivity index (χ0n) is 18.8. The summed E-state index contributed by atoms with van der Waals surface area (Å²) in [5.74, 6) is -0.620. The third-order valence-electron chi connectivity index (χ3n) is 6.55. The van der Waals surface area contributed by atoms with Crippen molar-refractivity contribution in [1.82, 2.24) is 4.90 Å². The smallest absolute Gasteiger partial charge is 0.376 e. The minimum absolute atomic E-state index is 0.0380. The van der Waals surface area contributed by atoms with Gasteiger partial charge in [-0.1, -0.05) is 48.0 Å². The van der Waals surface area contributed by atoms with Gasteiger partial charge >= 0.3 is 6.18 Å². The van der Waals surface area contributed by atoms with Crippen molar-refractivity contribution in [1.29, 1.82) is 0 Å². The molecule has 0 aromatic heterocycles. The van der Waals surface area contributed by atoms with E-state index in [0.29, 0.717) is 23.3 Å². The van der Waals surface area contributed by atoms with Crippen molar-refractivity contribution in [2.75, 3.05) is 26.7 Å². The quantitative estimate of drug-likeness (QED) is 0.334. The Morgan fingerprint density at radius 2 is 1.65 bits per heavy atom. The number of likely N-dealkylation sites (tertiary alicyclic amines) is 1. The number of hydrogen-bond acceptors (Lipinski definition) is 2. The van der Waals surface area contributed by atoms with Crippen molar-refractivity contribution in [3.05, 3.63) is 94.3 Å². The summed E-state index contributed by atoms with van der Waals surface area (Å²) in [6.07, 6.45) is -2.70. The average Bonchev–Trinajstić information content (AvgIpc) is 2.82. The van der Waals surface area contributed by atoms with E-state index >= 15 is 0 Å². The Balaban J connectivity index is 1.58. The second-order valence-electron chi connectivity index (χ2n) is 8.99. The highest BCUT2D eigenvalue weighted by Gasteiger charge is 2.36. The SMILES string of the molecule is CN1CCC(COCc2cc(-c3ccc(F)c(Cl)c3)cc(C(F)(F)F)c2)(c2ccccc2)CC1. The number of ether oxygens (including phenoxy) is 1. The predicted molar refractivity (Wildman–Crippen MR) is 126 cm³/mol. The molecule has 0 bridgehead atoms. The van der Waals surface area contributed by atoms with E-state index in [9.17, 15) is 17.6 Å². The number of benzene rings is 3. The summed E-state index contributed by atoms with van der Waals surface area (Å²) in [6.45, 7) is 2.31. The van der Waals surface area contributed by atoms with Crippen LogP contribution in [0.4, 0.5) is 17.6 Å². The molecule has 1 aliphatic heterocycles. The topological polar surface area (TPSA) is 12.5 Å². The lowest BCUT2D eigenvalue weighted by Gasteiger charge is -2.41. The Hall–Kier alpha value is -2.41. The van der Waals surface area contributed by atoms with E-state index in [1.165, 1.54) is 17.7 Å². The van der Waals surface area contributed by atoms with Gasteiger partial charge in [-0.2, -0.15) is 13.2 Å². The van der Waals surface area contributed by atoms with Crippen LogP contribution in [0.3, 0.4) is 0 Å². The maximum absolute atomic E-state index is 13.6. The molecule has 0 spiro atoms. The molecular weight excluding hydrogens is 466 g/mol. The fourth-order valence-corrected chi connectivity index (χ4v) is 4.68. The van der Waals surface area contributed by atoms with Gasteiger partial charge in [-0.3, -0.25) is 0 Å². The van der Waals surface area contributed by atoms with Gasteiger partial charge in [0.05, 0.1) is 23.8 Å². The number of piperidine rings is 1. The summed E-state index contributed by atoms with van der Waals surface area (Å²) in [5, 5.41) is -0.139. The molecule has 0 aliphatic carbocycles. The molecule has 0 radical (unpaired) electrons. The minimum Gasteiger partial charge on any atom is -0.376 e. The molecule has 3 aromatic carbocycles. The minimum atomic E-state index is -4.52. The van der Waals surface area contributed by atoms with Crippen molar-refractivity contribution in [2.24, 2.45) is 0 Å². The van der Waals surface area contributed by atoms with E-state index in [1.807, 2.05) is 18.2 Å². The van der Waals surface area contributed by atoms with E-state index in [0.717, 1.165) is 44.1 Å². The number of halogens is 5.